The Bertz CT molecular complexity index is 1060. The first-order chi connectivity index (χ1) is 14.6. The van der Waals surface area contributed by atoms with Crippen molar-refractivity contribution >= 4 is 23.4 Å². The van der Waals surface area contributed by atoms with Crippen molar-refractivity contribution in [2.24, 2.45) is 0 Å². The number of nitrogens with zero attached hydrogens (tertiary/aromatic N) is 2. The number of halogens is 1. The molecular weight excluding hydrogens is 383 g/mol. The largest absolute Gasteiger partial charge is 0.305 e. The number of carbonyl (C=O) groups excluding carboxylic acids is 3. The van der Waals surface area contributed by atoms with E-state index in [0.29, 0.717) is 23.4 Å². The Hall–Kier alpha value is -3.02. The van der Waals surface area contributed by atoms with Crippen molar-refractivity contribution in [2.75, 3.05) is 11.4 Å². The van der Waals surface area contributed by atoms with Crippen LogP contribution in [0.25, 0.3) is 0 Å². The highest BCUT2D eigenvalue weighted by Gasteiger charge is 2.41. The van der Waals surface area contributed by atoms with E-state index in [9.17, 15) is 18.8 Å². The molecule has 154 valence electrons. The number of amides is 3. The van der Waals surface area contributed by atoms with Crippen molar-refractivity contribution in [1.82, 2.24) is 4.90 Å². The third-order valence-corrected chi connectivity index (χ3v) is 6.52. The summed E-state index contributed by atoms with van der Waals surface area (Å²) in [7, 11) is 0. The quantitative estimate of drug-likeness (QED) is 0.697. The summed E-state index contributed by atoms with van der Waals surface area (Å²) < 4.78 is 14.5. The molecule has 2 aromatic carbocycles. The molecular formula is C24H23FN2O3. The molecule has 0 saturated heterocycles. The summed E-state index contributed by atoms with van der Waals surface area (Å²) in [6.07, 6.45) is 6.31. The van der Waals surface area contributed by atoms with Gasteiger partial charge in [-0.1, -0.05) is 31.4 Å². The van der Waals surface area contributed by atoms with Crippen LogP contribution in [0.15, 0.2) is 36.4 Å². The topological polar surface area (TPSA) is 57.7 Å². The maximum Gasteiger partial charge on any atom is 0.261 e. The molecule has 1 saturated carbocycles. The van der Waals surface area contributed by atoms with Crippen LogP contribution in [0.3, 0.4) is 0 Å². The monoisotopic (exact) mass is 406 g/mol. The van der Waals surface area contributed by atoms with Gasteiger partial charge in [-0.3, -0.25) is 19.3 Å². The summed E-state index contributed by atoms with van der Waals surface area (Å²) in [4.78, 5) is 42.0. The predicted octanol–water partition coefficient (Wildman–Crippen LogP) is 4.35. The highest BCUT2D eigenvalue weighted by Crippen LogP contribution is 2.34. The summed E-state index contributed by atoms with van der Waals surface area (Å²) in [5, 5.41) is 0. The molecule has 6 heteroatoms. The van der Waals surface area contributed by atoms with Crippen LogP contribution in [-0.4, -0.2) is 35.2 Å². The Kier molecular flexibility index (Phi) is 4.65. The molecule has 5 rings (SSSR count). The smallest absolute Gasteiger partial charge is 0.261 e. The van der Waals surface area contributed by atoms with E-state index in [2.05, 4.69) is 0 Å². The number of carbonyl (C=O) groups is 3. The van der Waals surface area contributed by atoms with Crippen LogP contribution in [0, 0.1) is 5.82 Å². The average Bonchev–Trinajstić information content (AvgIpc) is 3.03. The Morgan fingerprint density at radius 2 is 1.70 bits per heavy atom. The number of fused-ring (bicyclic) bond motifs is 2. The highest BCUT2D eigenvalue weighted by molar-refractivity contribution is 6.22. The molecule has 1 aliphatic carbocycles. The third kappa shape index (κ3) is 2.93. The SMILES string of the molecule is O=C(c1ccc2c(c1)C(=O)N(C1CCCCC1)C2=O)N1CCCc2cccc(F)c21. The Labute approximate surface area is 174 Å². The van der Waals surface area contributed by atoms with Gasteiger partial charge < -0.3 is 4.90 Å². The molecule has 0 aromatic heterocycles. The van der Waals surface area contributed by atoms with Gasteiger partial charge in [0, 0.05) is 18.2 Å². The second kappa shape index (κ2) is 7.35. The van der Waals surface area contributed by atoms with Crippen molar-refractivity contribution in [3.05, 3.63) is 64.5 Å². The van der Waals surface area contributed by atoms with Gasteiger partial charge in [-0.15, -0.1) is 0 Å². The second-order valence-corrected chi connectivity index (χ2v) is 8.34. The molecule has 5 nitrogen and oxygen atoms in total. The van der Waals surface area contributed by atoms with Crippen LogP contribution < -0.4 is 4.90 Å². The number of rotatable bonds is 2. The van der Waals surface area contributed by atoms with Gasteiger partial charge in [-0.05, 0) is 55.5 Å². The van der Waals surface area contributed by atoms with Gasteiger partial charge in [-0.25, -0.2) is 4.39 Å². The number of para-hydroxylation sites is 1. The van der Waals surface area contributed by atoms with E-state index in [1.165, 1.54) is 21.9 Å². The Morgan fingerprint density at radius 3 is 2.50 bits per heavy atom. The number of anilines is 1. The van der Waals surface area contributed by atoms with Gasteiger partial charge in [0.15, 0.2) is 0 Å². The van der Waals surface area contributed by atoms with E-state index in [1.54, 1.807) is 18.2 Å². The van der Waals surface area contributed by atoms with Gasteiger partial charge >= 0.3 is 0 Å². The predicted molar refractivity (Wildman–Crippen MR) is 110 cm³/mol. The molecule has 0 unspecified atom stereocenters. The van der Waals surface area contributed by atoms with Crippen LogP contribution >= 0.6 is 0 Å². The number of hydrogen-bond acceptors (Lipinski definition) is 3. The molecule has 0 spiro atoms. The van der Waals surface area contributed by atoms with Crippen LogP contribution in [0.4, 0.5) is 10.1 Å². The van der Waals surface area contributed by atoms with Crippen molar-refractivity contribution in [1.29, 1.82) is 0 Å². The normalized spacial score (nSPS) is 19.1. The first-order valence-corrected chi connectivity index (χ1v) is 10.7. The summed E-state index contributed by atoms with van der Waals surface area (Å²) in [6, 6.07) is 9.44. The fourth-order valence-corrected chi connectivity index (χ4v) is 5.03. The maximum atomic E-state index is 14.5. The number of hydrogen-bond donors (Lipinski definition) is 0. The fraction of sp³-hybridized carbons (Fsp3) is 0.375. The lowest BCUT2D eigenvalue weighted by molar-refractivity contribution is 0.0549. The molecule has 0 bridgehead atoms. The average molecular weight is 406 g/mol. The van der Waals surface area contributed by atoms with E-state index >= 15 is 0 Å². The number of imide groups is 1. The Morgan fingerprint density at radius 1 is 0.933 bits per heavy atom. The first kappa shape index (κ1) is 19.0. The third-order valence-electron chi connectivity index (χ3n) is 6.52. The number of benzene rings is 2. The lowest BCUT2D eigenvalue weighted by atomic mass is 9.94. The minimum atomic E-state index is -0.420. The van der Waals surface area contributed by atoms with E-state index in [4.69, 9.17) is 0 Å². The maximum absolute atomic E-state index is 14.5. The van der Waals surface area contributed by atoms with E-state index < -0.39 is 5.82 Å². The van der Waals surface area contributed by atoms with Gasteiger partial charge in [0.2, 0.25) is 0 Å². The molecule has 1 fully saturated rings. The molecule has 2 aromatic rings. The highest BCUT2D eigenvalue weighted by atomic mass is 19.1. The van der Waals surface area contributed by atoms with E-state index in [1.807, 2.05) is 6.07 Å². The number of aryl methyl sites for hydroxylation is 1. The minimum absolute atomic E-state index is 0.0617. The summed E-state index contributed by atoms with van der Waals surface area (Å²) >= 11 is 0. The molecule has 3 amide bonds. The summed E-state index contributed by atoms with van der Waals surface area (Å²) in [6.45, 7) is 0.422. The summed E-state index contributed by atoms with van der Waals surface area (Å²) in [5.41, 5.74) is 2.07. The van der Waals surface area contributed by atoms with Crippen molar-refractivity contribution in [3.8, 4) is 0 Å². The molecule has 2 aliphatic heterocycles. The van der Waals surface area contributed by atoms with Gasteiger partial charge in [0.1, 0.15) is 5.82 Å². The van der Waals surface area contributed by atoms with Crippen LogP contribution in [0.2, 0.25) is 0 Å². The fourth-order valence-electron chi connectivity index (χ4n) is 5.03. The molecule has 0 radical (unpaired) electrons. The van der Waals surface area contributed by atoms with Gasteiger partial charge in [0.05, 0.1) is 16.8 Å². The van der Waals surface area contributed by atoms with Crippen molar-refractivity contribution in [2.45, 2.75) is 51.0 Å². The lowest BCUT2D eigenvalue weighted by Crippen LogP contribution is -2.40. The van der Waals surface area contributed by atoms with Gasteiger partial charge in [-0.2, -0.15) is 0 Å². The van der Waals surface area contributed by atoms with Crippen LogP contribution in [0.5, 0.6) is 0 Å². The second-order valence-electron chi connectivity index (χ2n) is 8.34. The standard InChI is InChI=1S/C24H23FN2O3/c25-20-10-4-6-15-7-5-13-26(21(15)20)22(28)16-11-12-18-19(14-16)24(30)27(23(18)29)17-8-2-1-3-9-17/h4,6,10-12,14,17H,1-3,5,7-9,13H2. The summed E-state index contributed by atoms with van der Waals surface area (Å²) in [5.74, 6) is -1.35. The Balaban J connectivity index is 1.47. The molecule has 30 heavy (non-hydrogen) atoms. The minimum Gasteiger partial charge on any atom is -0.305 e. The van der Waals surface area contributed by atoms with Crippen LogP contribution in [-0.2, 0) is 6.42 Å². The van der Waals surface area contributed by atoms with E-state index in [0.717, 1.165) is 50.5 Å². The zero-order valence-electron chi connectivity index (χ0n) is 16.7. The first-order valence-electron chi connectivity index (χ1n) is 10.7. The van der Waals surface area contributed by atoms with E-state index in [-0.39, 0.29) is 29.3 Å². The van der Waals surface area contributed by atoms with Crippen LogP contribution in [0.1, 0.15) is 75.2 Å². The zero-order chi connectivity index (χ0) is 20.8. The molecule has 3 aliphatic rings. The molecule has 2 heterocycles. The van der Waals surface area contributed by atoms with Crippen molar-refractivity contribution in [3.63, 3.8) is 0 Å². The zero-order valence-corrected chi connectivity index (χ0v) is 16.7. The lowest BCUT2D eigenvalue weighted by Gasteiger charge is -2.30. The molecule has 0 atom stereocenters. The van der Waals surface area contributed by atoms with Gasteiger partial charge in [0.25, 0.3) is 17.7 Å². The van der Waals surface area contributed by atoms with Crippen molar-refractivity contribution < 1.29 is 18.8 Å². The molecule has 0 N–H and O–H groups in total.